The topological polar surface area (TPSA) is 39.0 Å². The third-order valence-electron chi connectivity index (χ3n) is 4.04. The first-order valence-corrected chi connectivity index (χ1v) is 9.76. The maximum absolute atomic E-state index is 13.3. The first-order chi connectivity index (χ1) is 13.0. The van der Waals surface area contributed by atoms with Gasteiger partial charge in [-0.1, -0.05) is 70.1 Å². The number of nitrogens with one attached hydrogen (secondary N) is 1. The molecular weight excluding hydrogens is 444 g/mol. The lowest BCUT2D eigenvalue weighted by Gasteiger charge is -2.18. The van der Waals surface area contributed by atoms with E-state index in [4.69, 9.17) is 23.8 Å². The largest absolute Gasteiger partial charge is 0.867 e. The summed E-state index contributed by atoms with van der Waals surface area (Å²) < 4.78 is 2.43. The Morgan fingerprint density at radius 3 is 2.44 bits per heavy atom. The van der Waals surface area contributed by atoms with Crippen LogP contribution in [-0.4, -0.2) is 4.99 Å². The second kappa shape index (κ2) is 8.65. The molecule has 0 amide bonds. The van der Waals surface area contributed by atoms with Gasteiger partial charge in [0.2, 0.25) is 5.70 Å². The summed E-state index contributed by atoms with van der Waals surface area (Å²) in [5.41, 5.74) is 2.53. The number of benzene rings is 2. The Balaban J connectivity index is 2.11. The second-order valence-electron chi connectivity index (χ2n) is 5.81. The third-order valence-corrected chi connectivity index (χ3v) is 5.43. The SMILES string of the molecule is Cc1c(Cl)cccc1NC(=S)/C(=C(\[O-])c1ccccc1Br)[n+]1ccccc1. The fourth-order valence-electron chi connectivity index (χ4n) is 2.58. The molecule has 0 fully saturated rings. The van der Waals surface area contributed by atoms with Gasteiger partial charge in [-0.15, -0.1) is 0 Å². The predicted octanol–water partition coefficient (Wildman–Crippen LogP) is 4.82. The molecule has 2 aromatic carbocycles. The smallest absolute Gasteiger partial charge is 0.238 e. The van der Waals surface area contributed by atoms with E-state index in [-0.39, 0.29) is 5.76 Å². The maximum Gasteiger partial charge on any atom is 0.238 e. The van der Waals surface area contributed by atoms with E-state index in [2.05, 4.69) is 21.2 Å². The molecule has 0 saturated heterocycles. The van der Waals surface area contributed by atoms with Gasteiger partial charge in [0.15, 0.2) is 17.4 Å². The Kier molecular flexibility index (Phi) is 6.26. The van der Waals surface area contributed by atoms with Crippen molar-refractivity contribution < 1.29 is 9.67 Å². The van der Waals surface area contributed by atoms with Crippen LogP contribution in [-0.2, 0) is 0 Å². The molecule has 0 spiro atoms. The number of nitrogens with zero attached hydrogens (tertiary/aromatic N) is 1. The van der Waals surface area contributed by atoms with Crippen molar-refractivity contribution in [2.75, 3.05) is 5.32 Å². The average molecular weight is 460 g/mol. The van der Waals surface area contributed by atoms with Crippen LogP contribution < -0.4 is 15.0 Å². The van der Waals surface area contributed by atoms with E-state index < -0.39 is 0 Å². The lowest BCUT2D eigenvalue weighted by Crippen LogP contribution is -2.39. The summed E-state index contributed by atoms with van der Waals surface area (Å²) in [5, 5.41) is 17.1. The van der Waals surface area contributed by atoms with Crippen molar-refractivity contribution in [1.82, 2.24) is 0 Å². The van der Waals surface area contributed by atoms with E-state index in [1.807, 2.05) is 61.5 Å². The molecule has 1 aromatic heterocycles. The molecule has 3 aromatic rings. The van der Waals surface area contributed by atoms with Gasteiger partial charge >= 0.3 is 0 Å². The summed E-state index contributed by atoms with van der Waals surface area (Å²) in [6.07, 6.45) is 3.59. The van der Waals surface area contributed by atoms with Gasteiger partial charge in [-0.25, -0.2) is 0 Å². The van der Waals surface area contributed by atoms with Crippen molar-refractivity contribution in [2.45, 2.75) is 6.92 Å². The molecule has 3 rings (SSSR count). The van der Waals surface area contributed by atoms with E-state index in [1.54, 1.807) is 23.0 Å². The monoisotopic (exact) mass is 458 g/mol. The molecule has 0 atom stereocenters. The zero-order valence-electron chi connectivity index (χ0n) is 14.4. The number of anilines is 1. The van der Waals surface area contributed by atoms with Crippen molar-refractivity contribution in [3.8, 4) is 0 Å². The lowest BCUT2D eigenvalue weighted by atomic mass is 10.1. The second-order valence-corrected chi connectivity index (χ2v) is 7.48. The minimum atomic E-state index is -0.184. The summed E-state index contributed by atoms with van der Waals surface area (Å²) in [5.74, 6) is -0.184. The van der Waals surface area contributed by atoms with Crippen LogP contribution in [0.2, 0.25) is 5.02 Å². The van der Waals surface area contributed by atoms with Gasteiger partial charge < -0.3 is 10.4 Å². The fourth-order valence-corrected chi connectivity index (χ4v) is 3.53. The summed E-state index contributed by atoms with van der Waals surface area (Å²) in [4.78, 5) is 0.317. The number of thiocarbonyl (C=S) groups is 1. The number of hydrogen-bond acceptors (Lipinski definition) is 2. The molecule has 3 nitrogen and oxygen atoms in total. The predicted molar refractivity (Wildman–Crippen MR) is 116 cm³/mol. The normalized spacial score (nSPS) is 11.7. The van der Waals surface area contributed by atoms with Gasteiger partial charge in [0.1, 0.15) is 0 Å². The third kappa shape index (κ3) is 4.38. The Morgan fingerprint density at radius 2 is 1.74 bits per heavy atom. The molecule has 0 bridgehead atoms. The van der Waals surface area contributed by atoms with Gasteiger partial charge in [-0.05, 0) is 42.0 Å². The van der Waals surface area contributed by atoms with E-state index in [0.717, 1.165) is 11.3 Å². The highest BCUT2D eigenvalue weighted by molar-refractivity contribution is 9.10. The number of aromatic nitrogens is 1. The molecular formula is C21H16BrClN2OS. The van der Waals surface area contributed by atoms with Crippen LogP contribution in [0.1, 0.15) is 11.1 Å². The lowest BCUT2D eigenvalue weighted by molar-refractivity contribution is -0.577. The van der Waals surface area contributed by atoms with Crippen LogP contribution in [0.3, 0.4) is 0 Å². The zero-order chi connectivity index (χ0) is 19.4. The van der Waals surface area contributed by atoms with Gasteiger partial charge in [0.25, 0.3) is 0 Å². The van der Waals surface area contributed by atoms with Crippen LogP contribution >= 0.6 is 39.7 Å². The van der Waals surface area contributed by atoms with Crippen LogP contribution in [0.25, 0.3) is 11.5 Å². The molecule has 1 heterocycles. The number of halogens is 2. The average Bonchev–Trinajstić information content (AvgIpc) is 2.67. The summed E-state index contributed by atoms with van der Waals surface area (Å²) in [6, 6.07) is 18.4. The van der Waals surface area contributed by atoms with Crippen LogP contribution in [0.4, 0.5) is 5.69 Å². The fraction of sp³-hybridized carbons (Fsp3) is 0.0476. The van der Waals surface area contributed by atoms with Crippen molar-refractivity contribution in [1.29, 1.82) is 0 Å². The molecule has 1 N–H and O–H groups in total. The van der Waals surface area contributed by atoms with Gasteiger partial charge in [0.05, 0.1) is 0 Å². The van der Waals surface area contributed by atoms with Crippen molar-refractivity contribution >= 4 is 61.9 Å². The van der Waals surface area contributed by atoms with Crippen molar-refractivity contribution in [3.63, 3.8) is 0 Å². The first kappa shape index (κ1) is 19.5. The molecule has 6 heteroatoms. The van der Waals surface area contributed by atoms with Gasteiger partial charge in [0, 0.05) is 27.3 Å². The summed E-state index contributed by atoms with van der Waals surface area (Å²) in [6.45, 7) is 1.90. The molecule has 0 aliphatic rings. The standard InChI is InChI=1S/C21H16BrClN2OS/c1-14-17(23)10-7-11-18(14)24-21(27)19(25-12-5-2-6-13-25)20(26)15-8-3-4-9-16(15)22/h2-13H,1H3,(H-,24,26,27). The summed E-state index contributed by atoms with van der Waals surface area (Å²) >= 11 is 15.3. The maximum atomic E-state index is 13.3. The molecule has 0 radical (unpaired) electrons. The molecule has 0 aliphatic carbocycles. The van der Waals surface area contributed by atoms with Crippen molar-refractivity contribution in [2.24, 2.45) is 0 Å². The quantitative estimate of drug-likeness (QED) is 0.263. The van der Waals surface area contributed by atoms with E-state index in [1.165, 1.54) is 0 Å². The zero-order valence-corrected chi connectivity index (χ0v) is 17.6. The van der Waals surface area contributed by atoms with Crippen molar-refractivity contribution in [3.05, 3.63) is 93.7 Å². The Labute approximate surface area is 177 Å². The Morgan fingerprint density at radius 1 is 1.04 bits per heavy atom. The van der Waals surface area contributed by atoms with Gasteiger partial charge in [-0.3, -0.25) is 0 Å². The highest BCUT2D eigenvalue weighted by Crippen LogP contribution is 2.26. The van der Waals surface area contributed by atoms with E-state index in [9.17, 15) is 5.11 Å². The van der Waals surface area contributed by atoms with E-state index >= 15 is 0 Å². The molecule has 136 valence electrons. The van der Waals surface area contributed by atoms with Crippen LogP contribution in [0, 0.1) is 6.92 Å². The number of hydrogen-bond donors (Lipinski definition) is 1. The minimum absolute atomic E-state index is 0.184. The first-order valence-electron chi connectivity index (χ1n) is 8.18. The molecule has 0 saturated carbocycles. The highest BCUT2D eigenvalue weighted by atomic mass is 79.9. The molecule has 0 aliphatic heterocycles. The Bertz CT molecular complexity index is 1020. The number of pyridine rings is 1. The minimum Gasteiger partial charge on any atom is -0.867 e. The van der Waals surface area contributed by atoms with Crippen LogP contribution in [0.15, 0.2) is 77.5 Å². The Hall–Kier alpha value is -2.21. The number of rotatable bonds is 4. The summed E-state index contributed by atoms with van der Waals surface area (Å²) in [7, 11) is 0. The molecule has 27 heavy (non-hydrogen) atoms. The van der Waals surface area contributed by atoms with Crippen LogP contribution in [0.5, 0.6) is 0 Å². The highest BCUT2D eigenvalue weighted by Gasteiger charge is 2.20. The van der Waals surface area contributed by atoms with Gasteiger partial charge in [-0.2, -0.15) is 4.57 Å². The molecule has 0 unspecified atom stereocenters. The van der Waals surface area contributed by atoms with E-state index in [0.29, 0.717) is 25.7 Å².